The quantitative estimate of drug-likeness (QED) is 0.281. The molecule has 0 spiro atoms. The van der Waals surface area contributed by atoms with Crippen LogP contribution in [0.3, 0.4) is 0 Å². The molecule has 2 N–H and O–H groups in total. The SMILES string of the molecule is CCCCC(=O)c1ccc(C(=O)OC)c(N)c1[N+](=O)[O-]. The summed E-state index contributed by atoms with van der Waals surface area (Å²) in [4.78, 5) is 33.8. The molecule has 7 nitrogen and oxygen atoms in total. The van der Waals surface area contributed by atoms with Crippen LogP contribution in [0.25, 0.3) is 0 Å². The molecule has 7 heteroatoms. The van der Waals surface area contributed by atoms with Crippen molar-refractivity contribution in [2.75, 3.05) is 12.8 Å². The van der Waals surface area contributed by atoms with E-state index in [1.54, 1.807) is 0 Å². The number of nitro groups is 1. The van der Waals surface area contributed by atoms with Crippen molar-refractivity contribution < 1.29 is 19.2 Å². The van der Waals surface area contributed by atoms with Crippen LogP contribution in [0.1, 0.15) is 46.9 Å². The van der Waals surface area contributed by atoms with Crippen molar-refractivity contribution in [1.82, 2.24) is 0 Å². The number of nitro benzene ring substituents is 1. The van der Waals surface area contributed by atoms with E-state index in [9.17, 15) is 19.7 Å². The third kappa shape index (κ3) is 3.11. The highest BCUT2D eigenvalue weighted by Crippen LogP contribution is 2.31. The highest BCUT2D eigenvalue weighted by Gasteiger charge is 2.27. The number of ketones is 1. The second-order valence-electron chi connectivity index (χ2n) is 4.20. The zero-order chi connectivity index (χ0) is 15.3. The van der Waals surface area contributed by atoms with Crippen LogP contribution in [0.5, 0.6) is 0 Å². The summed E-state index contributed by atoms with van der Waals surface area (Å²) in [7, 11) is 1.15. The van der Waals surface area contributed by atoms with Gasteiger partial charge in [0.1, 0.15) is 5.69 Å². The van der Waals surface area contributed by atoms with Crippen molar-refractivity contribution in [3.8, 4) is 0 Å². The average Bonchev–Trinajstić information content (AvgIpc) is 2.42. The maximum Gasteiger partial charge on any atom is 0.340 e. The lowest BCUT2D eigenvalue weighted by Crippen LogP contribution is -2.12. The lowest BCUT2D eigenvalue weighted by molar-refractivity contribution is -0.384. The first-order valence-corrected chi connectivity index (χ1v) is 6.12. The van der Waals surface area contributed by atoms with Gasteiger partial charge in [0.2, 0.25) is 0 Å². The van der Waals surface area contributed by atoms with Crippen molar-refractivity contribution in [2.24, 2.45) is 0 Å². The van der Waals surface area contributed by atoms with E-state index in [4.69, 9.17) is 5.73 Å². The van der Waals surface area contributed by atoms with Gasteiger partial charge >= 0.3 is 11.7 Å². The number of carbonyl (C=O) groups excluding carboxylic acids is 2. The van der Waals surface area contributed by atoms with E-state index >= 15 is 0 Å². The lowest BCUT2D eigenvalue weighted by Gasteiger charge is -2.08. The number of nitrogens with zero attached hydrogens (tertiary/aromatic N) is 1. The summed E-state index contributed by atoms with van der Waals surface area (Å²) in [6, 6.07) is 2.52. The normalized spacial score (nSPS) is 10.1. The second-order valence-corrected chi connectivity index (χ2v) is 4.20. The van der Waals surface area contributed by atoms with E-state index in [0.717, 1.165) is 13.5 Å². The van der Waals surface area contributed by atoms with Gasteiger partial charge in [0, 0.05) is 6.42 Å². The molecule has 0 saturated carbocycles. The van der Waals surface area contributed by atoms with Crippen molar-refractivity contribution in [3.05, 3.63) is 33.4 Å². The fourth-order valence-electron chi connectivity index (χ4n) is 1.79. The van der Waals surface area contributed by atoms with Gasteiger partial charge in [-0.1, -0.05) is 13.3 Å². The molecule has 0 radical (unpaired) electrons. The number of hydrogen-bond acceptors (Lipinski definition) is 6. The number of ether oxygens (including phenoxy) is 1. The highest BCUT2D eigenvalue weighted by molar-refractivity contribution is 6.06. The molecule has 1 rings (SSSR count). The van der Waals surface area contributed by atoms with Crippen molar-refractivity contribution >= 4 is 23.1 Å². The molecular formula is C13H16N2O5. The Morgan fingerprint density at radius 1 is 1.35 bits per heavy atom. The van der Waals surface area contributed by atoms with Crippen molar-refractivity contribution in [3.63, 3.8) is 0 Å². The van der Waals surface area contributed by atoms with Gasteiger partial charge in [-0.3, -0.25) is 14.9 Å². The Balaban J connectivity index is 3.34. The number of unbranched alkanes of at least 4 members (excludes halogenated alkanes) is 1. The molecule has 0 bridgehead atoms. The minimum atomic E-state index is -0.779. The van der Waals surface area contributed by atoms with Crippen LogP contribution < -0.4 is 5.73 Å². The first kappa shape index (κ1) is 15.6. The molecule has 0 aromatic heterocycles. The topological polar surface area (TPSA) is 113 Å². The summed E-state index contributed by atoms with van der Waals surface area (Å²) in [6.07, 6.45) is 1.64. The molecule has 0 aliphatic rings. The Morgan fingerprint density at radius 3 is 2.45 bits per heavy atom. The summed E-state index contributed by atoms with van der Waals surface area (Å²) < 4.78 is 4.49. The smallest absolute Gasteiger partial charge is 0.340 e. The molecule has 1 aromatic rings. The predicted octanol–water partition coefficient (Wildman–Crippen LogP) is 2.34. The van der Waals surface area contributed by atoms with Gasteiger partial charge in [0.25, 0.3) is 0 Å². The third-order valence-electron chi connectivity index (χ3n) is 2.86. The van der Waals surface area contributed by atoms with Crippen molar-refractivity contribution in [1.29, 1.82) is 0 Å². The van der Waals surface area contributed by atoms with Crippen LogP contribution in [-0.2, 0) is 4.74 Å². The fourth-order valence-corrected chi connectivity index (χ4v) is 1.79. The third-order valence-corrected chi connectivity index (χ3v) is 2.86. The van der Waals surface area contributed by atoms with E-state index in [1.165, 1.54) is 12.1 Å². The van der Waals surface area contributed by atoms with E-state index < -0.39 is 16.6 Å². The molecule has 0 heterocycles. The predicted molar refractivity (Wildman–Crippen MR) is 72.7 cm³/mol. The van der Waals surface area contributed by atoms with E-state index in [0.29, 0.717) is 6.42 Å². The summed E-state index contributed by atoms with van der Waals surface area (Å²) in [6.45, 7) is 1.91. The molecule has 0 unspecified atom stereocenters. The van der Waals surface area contributed by atoms with Gasteiger partial charge < -0.3 is 10.5 Å². The highest BCUT2D eigenvalue weighted by atomic mass is 16.6. The summed E-state index contributed by atoms with van der Waals surface area (Å²) in [5.41, 5.74) is 4.56. The number of rotatable bonds is 6. The maximum absolute atomic E-state index is 12.0. The second kappa shape index (κ2) is 6.65. The van der Waals surface area contributed by atoms with Crippen LogP contribution in [0.2, 0.25) is 0 Å². The van der Waals surface area contributed by atoms with E-state index in [1.807, 2.05) is 6.92 Å². The lowest BCUT2D eigenvalue weighted by atomic mass is 10.00. The van der Waals surface area contributed by atoms with Crippen LogP contribution in [0.4, 0.5) is 11.4 Å². The standard InChI is InChI=1S/C13H16N2O5/c1-3-4-5-10(16)8-6-7-9(13(17)20-2)11(14)12(8)15(18)19/h6-7H,3-5,14H2,1-2H3. The van der Waals surface area contributed by atoms with Crippen LogP contribution in [0.15, 0.2) is 12.1 Å². The number of benzene rings is 1. The molecule has 0 aliphatic carbocycles. The summed E-state index contributed by atoms with van der Waals surface area (Å²) >= 11 is 0. The summed E-state index contributed by atoms with van der Waals surface area (Å²) in [5.74, 6) is -1.14. The molecule has 0 fully saturated rings. The van der Waals surface area contributed by atoms with Crippen LogP contribution in [0, 0.1) is 10.1 Å². The Bertz CT molecular complexity index is 554. The molecule has 0 amide bonds. The Morgan fingerprint density at radius 2 is 1.95 bits per heavy atom. The Kier molecular flexibility index (Phi) is 5.19. The number of nitrogens with two attached hydrogens (primary N) is 1. The molecule has 1 aromatic carbocycles. The van der Waals surface area contributed by atoms with Crippen LogP contribution in [-0.4, -0.2) is 23.8 Å². The number of hydrogen-bond donors (Lipinski definition) is 1. The monoisotopic (exact) mass is 280 g/mol. The van der Waals surface area contributed by atoms with Gasteiger partial charge in [-0.2, -0.15) is 0 Å². The first-order chi connectivity index (χ1) is 9.43. The van der Waals surface area contributed by atoms with Gasteiger partial charge in [-0.05, 0) is 18.6 Å². The van der Waals surface area contributed by atoms with Crippen LogP contribution >= 0.6 is 0 Å². The van der Waals surface area contributed by atoms with Crippen molar-refractivity contribution in [2.45, 2.75) is 26.2 Å². The van der Waals surface area contributed by atoms with Gasteiger partial charge in [-0.25, -0.2) is 4.79 Å². The van der Waals surface area contributed by atoms with E-state index in [2.05, 4.69) is 4.74 Å². The molecular weight excluding hydrogens is 264 g/mol. The number of nitrogen functional groups attached to an aromatic ring is 1. The number of methoxy groups -OCH3 is 1. The number of esters is 1. The first-order valence-electron chi connectivity index (χ1n) is 6.12. The Hall–Kier alpha value is -2.44. The maximum atomic E-state index is 12.0. The van der Waals surface area contributed by atoms with E-state index in [-0.39, 0.29) is 29.0 Å². The largest absolute Gasteiger partial charge is 0.465 e. The molecule has 20 heavy (non-hydrogen) atoms. The number of carbonyl (C=O) groups is 2. The minimum Gasteiger partial charge on any atom is -0.465 e. The molecule has 108 valence electrons. The molecule has 0 atom stereocenters. The molecule has 0 saturated heterocycles. The number of Topliss-reactive ketones (excluding diaryl/α,β-unsaturated/α-hetero) is 1. The molecule has 0 aliphatic heterocycles. The Labute approximate surface area is 115 Å². The van der Waals surface area contributed by atoms with Gasteiger partial charge in [0.05, 0.1) is 23.2 Å². The van der Waals surface area contributed by atoms with Gasteiger partial charge in [-0.15, -0.1) is 0 Å². The zero-order valence-electron chi connectivity index (χ0n) is 11.3. The van der Waals surface area contributed by atoms with Gasteiger partial charge in [0.15, 0.2) is 5.78 Å². The average molecular weight is 280 g/mol. The number of anilines is 1. The summed E-state index contributed by atoms with van der Waals surface area (Å²) in [5, 5.41) is 11.1. The zero-order valence-corrected chi connectivity index (χ0v) is 11.3. The minimum absolute atomic E-state index is 0.0754. The fraction of sp³-hybridized carbons (Fsp3) is 0.385.